The van der Waals surface area contributed by atoms with Crippen molar-refractivity contribution in [3.05, 3.63) is 103 Å². The van der Waals surface area contributed by atoms with Crippen LogP contribution in [0.4, 0.5) is 0 Å². The topological polar surface area (TPSA) is 37.9 Å². The fourth-order valence-corrected chi connectivity index (χ4v) is 3.36. The highest BCUT2D eigenvalue weighted by Gasteiger charge is 2.09. The largest absolute Gasteiger partial charge is 0.457 e. The Bertz CT molecular complexity index is 1210. The van der Waals surface area contributed by atoms with Crippen LogP contribution in [0.5, 0.6) is 11.5 Å². The predicted molar refractivity (Wildman–Crippen MR) is 113 cm³/mol. The number of pyridine rings is 1. The first-order chi connectivity index (χ1) is 13.9. The number of H-pyrrole nitrogens is 1. The van der Waals surface area contributed by atoms with E-state index in [1.807, 2.05) is 73.1 Å². The number of fused-ring (bicyclic) bond motifs is 1. The molecular weight excluding hydrogens is 344 g/mol. The molecule has 1 N–H and O–H groups in total. The summed E-state index contributed by atoms with van der Waals surface area (Å²) < 4.78 is 5.89. The summed E-state index contributed by atoms with van der Waals surface area (Å²) in [6, 6.07) is 30.5. The van der Waals surface area contributed by atoms with Crippen molar-refractivity contribution in [1.29, 1.82) is 0 Å². The third-order valence-electron chi connectivity index (χ3n) is 4.78. The van der Waals surface area contributed by atoms with Crippen molar-refractivity contribution in [3.63, 3.8) is 0 Å². The second kappa shape index (κ2) is 7.05. The van der Waals surface area contributed by atoms with Crippen LogP contribution in [0.3, 0.4) is 0 Å². The van der Waals surface area contributed by atoms with E-state index in [1.165, 1.54) is 0 Å². The van der Waals surface area contributed by atoms with E-state index >= 15 is 0 Å². The van der Waals surface area contributed by atoms with Gasteiger partial charge in [-0.25, -0.2) is 4.98 Å². The van der Waals surface area contributed by atoms with Gasteiger partial charge in [-0.15, -0.1) is 0 Å². The van der Waals surface area contributed by atoms with Crippen LogP contribution in [0.25, 0.3) is 33.3 Å². The van der Waals surface area contributed by atoms with Crippen LogP contribution in [0.15, 0.2) is 103 Å². The van der Waals surface area contributed by atoms with Gasteiger partial charge in [0.25, 0.3) is 0 Å². The zero-order valence-electron chi connectivity index (χ0n) is 15.2. The molecule has 0 saturated carbocycles. The van der Waals surface area contributed by atoms with Crippen molar-refractivity contribution < 1.29 is 4.74 Å². The summed E-state index contributed by atoms with van der Waals surface area (Å²) in [4.78, 5) is 7.87. The molecule has 2 aromatic heterocycles. The van der Waals surface area contributed by atoms with Crippen LogP contribution >= 0.6 is 0 Å². The van der Waals surface area contributed by atoms with Gasteiger partial charge < -0.3 is 9.72 Å². The van der Waals surface area contributed by atoms with Gasteiger partial charge in [-0.1, -0.05) is 60.7 Å². The van der Waals surface area contributed by atoms with E-state index in [0.717, 1.165) is 44.8 Å². The lowest BCUT2D eigenvalue weighted by molar-refractivity contribution is 0.483. The highest BCUT2D eigenvalue weighted by atomic mass is 16.5. The van der Waals surface area contributed by atoms with Crippen LogP contribution in [0, 0.1) is 0 Å². The smallest absolute Gasteiger partial charge is 0.137 e. The van der Waals surface area contributed by atoms with Crippen LogP contribution in [0.2, 0.25) is 0 Å². The summed E-state index contributed by atoms with van der Waals surface area (Å²) in [6.45, 7) is 0. The molecule has 5 aromatic rings. The Morgan fingerprint density at radius 3 is 2.07 bits per heavy atom. The lowest BCUT2D eigenvalue weighted by atomic mass is 10.0. The molecule has 0 unspecified atom stereocenters. The van der Waals surface area contributed by atoms with Gasteiger partial charge in [0.1, 0.15) is 17.1 Å². The average Bonchev–Trinajstić information content (AvgIpc) is 3.19. The SMILES string of the molecule is c1ccc(Oc2ccc(-c3c[nH]c4ncc(-c5ccccc5)cc34)cc2)cc1. The maximum Gasteiger partial charge on any atom is 0.137 e. The zero-order valence-corrected chi connectivity index (χ0v) is 15.2. The summed E-state index contributed by atoms with van der Waals surface area (Å²) in [7, 11) is 0. The van der Waals surface area contributed by atoms with Gasteiger partial charge in [-0.2, -0.15) is 0 Å². The van der Waals surface area contributed by atoms with Gasteiger partial charge in [0, 0.05) is 28.9 Å². The molecule has 3 nitrogen and oxygen atoms in total. The maximum absolute atomic E-state index is 5.89. The molecule has 0 aliphatic carbocycles. The first kappa shape index (κ1) is 16.3. The molecule has 28 heavy (non-hydrogen) atoms. The Morgan fingerprint density at radius 2 is 1.32 bits per heavy atom. The minimum absolute atomic E-state index is 0.817. The van der Waals surface area contributed by atoms with E-state index in [9.17, 15) is 0 Å². The molecule has 0 aliphatic rings. The Kier molecular flexibility index (Phi) is 4.11. The lowest BCUT2D eigenvalue weighted by Crippen LogP contribution is -1.84. The third kappa shape index (κ3) is 3.14. The van der Waals surface area contributed by atoms with Crippen LogP contribution in [-0.4, -0.2) is 9.97 Å². The Morgan fingerprint density at radius 1 is 0.643 bits per heavy atom. The second-order valence-corrected chi connectivity index (χ2v) is 6.63. The number of benzene rings is 3. The van der Waals surface area contributed by atoms with Gasteiger partial charge in [0.2, 0.25) is 0 Å². The molecule has 0 saturated heterocycles. The molecule has 0 bridgehead atoms. The normalized spacial score (nSPS) is 10.9. The quantitative estimate of drug-likeness (QED) is 0.387. The summed E-state index contributed by atoms with van der Waals surface area (Å²) in [5.74, 6) is 1.65. The summed E-state index contributed by atoms with van der Waals surface area (Å²) in [5.41, 5.74) is 5.41. The van der Waals surface area contributed by atoms with Crippen LogP contribution < -0.4 is 4.74 Å². The number of aromatic nitrogens is 2. The number of hydrogen-bond donors (Lipinski definition) is 1. The molecule has 0 aliphatic heterocycles. The predicted octanol–water partition coefficient (Wildman–Crippen LogP) is 6.69. The molecule has 2 heterocycles. The van der Waals surface area contributed by atoms with Gasteiger partial charge in [-0.3, -0.25) is 0 Å². The lowest BCUT2D eigenvalue weighted by Gasteiger charge is -2.07. The average molecular weight is 362 g/mol. The maximum atomic E-state index is 5.89. The fraction of sp³-hybridized carbons (Fsp3) is 0. The molecular formula is C25H18N2O. The molecule has 3 aromatic carbocycles. The molecule has 0 atom stereocenters. The molecule has 5 rings (SSSR count). The number of para-hydroxylation sites is 1. The van der Waals surface area contributed by atoms with E-state index < -0.39 is 0 Å². The van der Waals surface area contributed by atoms with Crippen molar-refractivity contribution in [2.24, 2.45) is 0 Å². The van der Waals surface area contributed by atoms with Crippen molar-refractivity contribution in [2.45, 2.75) is 0 Å². The zero-order chi connectivity index (χ0) is 18.8. The molecule has 0 radical (unpaired) electrons. The Balaban J connectivity index is 1.49. The monoisotopic (exact) mass is 362 g/mol. The molecule has 134 valence electrons. The molecule has 0 spiro atoms. The fourth-order valence-electron chi connectivity index (χ4n) is 3.36. The Labute approximate surface area is 163 Å². The van der Waals surface area contributed by atoms with E-state index in [0.29, 0.717) is 0 Å². The molecule has 0 fully saturated rings. The minimum Gasteiger partial charge on any atom is -0.457 e. The first-order valence-electron chi connectivity index (χ1n) is 9.23. The number of nitrogens with one attached hydrogen (secondary N) is 1. The highest BCUT2D eigenvalue weighted by Crippen LogP contribution is 2.32. The van der Waals surface area contributed by atoms with Crippen LogP contribution in [0.1, 0.15) is 0 Å². The van der Waals surface area contributed by atoms with Gasteiger partial charge >= 0.3 is 0 Å². The first-order valence-corrected chi connectivity index (χ1v) is 9.23. The van der Waals surface area contributed by atoms with E-state index in [2.05, 4.69) is 40.3 Å². The van der Waals surface area contributed by atoms with E-state index in [4.69, 9.17) is 4.74 Å². The number of aromatic amines is 1. The highest BCUT2D eigenvalue weighted by molar-refractivity contribution is 5.95. The van der Waals surface area contributed by atoms with Crippen molar-refractivity contribution in [2.75, 3.05) is 0 Å². The number of nitrogens with zero attached hydrogens (tertiary/aromatic N) is 1. The van der Waals surface area contributed by atoms with Crippen molar-refractivity contribution >= 4 is 11.0 Å². The third-order valence-corrected chi connectivity index (χ3v) is 4.78. The Hall–Kier alpha value is -3.85. The minimum atomic E-state index is 0.817. The standard InChI is InChI=1S/C25H18N2O/c1-3-7-18(8-4-1)20-15-23-24(17-27-25(23)26-16-20)19-11-13-22(14-12-19)28-21-9-5-2-6-10-21/h1-17H,(H,26,27). The van der Waals surface area contributed by atoms with Gasteiger partial charge in [0.15, 0.2) is 0 Å². The van der Waals surface area contributed by atoms with Crippen LogP contribution in [-0.2, 0) is 0 Å². The van der Waals surface area contributed by atoms with E-state index in [-0.39, 0.29) is 0 Å². The number of ether oxygens (including phenoxy) is 1. The number of hydrogen-bond acceptors (Lipinski definition) is 2. The second-order valence-electron chi connectivity index (χ2n) is 6.63. The van der Waals surface area contributed by atoms with E-state index in [1.54, 1.807) is 0 Å². The van der Waals surface area contributed by atoms with Gasteiger partial charge in [0.05, 0.1) is 0 Å². The van der Waals surface area contributed by atoms with Crippen molar-refractivity contribution in [1.82, 2.24) is 9.97 Å². The summed E-state index contributed by atoms with van der Waals surface area (Å²) >= 11 is 0. The summed E-state index contributed by atoms with van der Waals surface area (Å²) in [6.07, 6.45) is 3.92. The van der Waals surface area contributed by atoms with Crippen molar-refractivity contribution in [3.8, 4) is 33.8 Å². The molecule has 3 heteroatoms. The number of rotatable bonds is 4. The summed E-state index contributed by atoms with van der Waals surface area (Å²) in [5, 5.41) is 1.11. The van der Waals surface area contributed by atoms with Gasteiger partial charge in [-0.05, 0) is 41.5 Å². The molecule has 0 amide bonds.